The normalized spacial score (nSPS) is 40.4. The molecule has 0 bridgehead atoms. The molecule has 3 fully saturated rings. The van der Waals surface area contributed by atoms with E-state index in [1.54, 1.807) is 0 Å². The molecule has 3 rings (SSSR count). The van der Waals surface area contributed by atoms with Crippen LogP contribution in [0.4, 0.5) is 0 Å². The van der Waals surface area contributed by atoms with Crippen molar-refractivity contribution in [2.24, 2.45) is 23.7 Å². The van der Waals surface area contributed by atoms with Crippen molar-refractivity contribution in [3.05, 3.63) is 12.2 Å². The van der Waals surface area contributed by atoms with Crippen LogP contribution in [-0.2, 0) is 9.47 Å². The van der Waals surface area contributed by atoms with Gasteiger partial charge in [-0.05, 0) is 82.0 Å². The van der Waals surface area contributed by atoms with Crippen molar-refractivity contribution in [2.75, 3.05) is 13.7 Å². The molecule has 144 valence electrons. The Labute approximate surface area is 155 Å². The second kappa shape index (κ2) is 10.1. The first kappa shape index (κ1) is 19.4. The zero-order valence-electron chi connectivity index (χ0n) is 16.6. The lowest BCUT2D eigenvalue weighted by atomic mass is 9.79. The fourth-order valence-electron chi connectivity index (χ4n) is 5.40. The summed E-state index contributed by atoms with van der Waals surface area (Å²) in [5, 5.41) is 0. The summed E-state index contributed by atoms with van der Waals surface area (Å²) in [5.74, 6) is 3.31. The molecule has 0 aromatic heterocycles. The molecular weight excluding hydrogens is 308 g/mol. The van der Waals surface area contributed by atoms with Gasteiger partial charge < -0.3 is 9.47 Å². The van der Waals surface area contributed by atoms with Crippen LogP contribution in [-0.4, -0.2) is 25.9 Å². The van der Waals surface area contributed by atoms with E-state index in [0.717, 1.165) is 24.4 Å². The van der Waals surface area contributed by atoms with Crippen molar-refractivity contribution >= 4 is 0 Å². The zero-order chi connectivity index (χ0) is 17.5. The van der Waals surface area contributed by atoms with Crippen molar-refractivity contribution < 1.29 is 9.47 Å². The van der Waals surface area contributed by atoms with Crippen LogP contribution >= 0.6 is 0 Å². The van der Waals surface area contributed by atoms with Gasteiger partial charge in [-0.25, -0.2) is 0 Å². The van der Waals surface area contributed by atoms with Gasteiger partial charge in [0.2, 0.25) is 0 Å². The summed E-state index contributed by atoms with van der Waals surface area (Å²) in [5.41, 5.74) is 0. The smallest absolute Gasteiger partial charge is 0.0603 e. The summed E-state index contributed by atoms with van der Waals surface area (Å²) in [6.45, 7) is 3.28. The fraction of sp³-hybridized carbons (Fsp3) is 0.913. The predicted octanol–water partition coefficient (Wildman–Crippen LogP) is 6.15. The monoisotopic (exact) mass is 348 g/mol. The van der Waals surface area contributed by atoms with E-state index >= 15 is 0 Å². The van der Waals surface area contributed by atoms with Crippen LogP contribution in [0.5, 0.6) is 0 Å². The Morgan fingerprint density at radius 2 is 1.52 bits per heavy atom. The summed E-state index contributed by atoms with van der Waals surface area (Å²) in [6, 6.07) is 0. The third-order valence-electron chi connectivity index (χ3n) is 7.17. The largest absolute Gasteiger partial charge is 0.381 e. The SMILES string of the molecule is CCCC1CCC(/C=C/C2CCC(C3CCC(OC)CC3)OC2)CC1. The Hall–Kier alpha value is -0.340. The van der Waals surface area contributed by atoms with Gasteiger partial charge in [-0.15, -0.1) is 0 Å². The number of hydrogen-bond donors (Lipinski definition) is 0. The average molecular weight is 349 g/mol. The molecule has 2 nitrogen and oxygen atoms in total. The number of methoxy groups -OCH3 is 1. The van der Waals surface area contributed by atoms with Crippen molar-refractivity contribution in [3.63, 3.8) is 0 Å². The lowest BCUT2D eigenvalue weighted by Crippen LogP contribution is -2.35. The molecule has 3 aliphatic rings. The minimum atomic E-state index is 0.503. The molecule has 0 spiro atoms. The Kier molecular flexibility index (Phi) is 7.86. The summed E-state index contributed by atoms with van der Waals surface area (Å²) in [6.07, 6.45) is 22.3. The van der Waals surface area contributed by atoms with Crippen LogP contribution < -0.4 is 0 Å². The summed E-state index contributed by atoms with van der Waals surface area (Å²) >= 11 is 0. The maximum absolute atomic E-state index is 6.30. The van der Waals surface area contributed by atoms with E-state index in [-0.39, 0.29) is 0 Å². The Morgan fingerprint density at radius 3 is 2.12 bits per heavy atom. The van der Waals surface area contributed by atoms with E-state index in [0.29, 0.717) is 18.1 Å². The Bertz CT molecular complexity index is 381. The molecule has 1 heterocycles. The molecule has 0 amide bonds. The number of ether oxygens (including phenoxy) is 2. The first-order chi connectivity index (χ1) is 12.3. The fourth-order valence-corrected chi connectivity index (χ4v) is 5.40. The van der Waals surface area contributed by atoms with Crippen LogP contribution in [0.25, 0.3) is 0 Å². The van der Waals surface area contributed by atoms with Gasteiger partial charge in [-0.3, -0.25) is 0 Å². The highest BCUT2D eigenvalue weighted by Crippen LogP contribution is 2.36. The van der Waals surface area contributed by atoms with Crippen molar-refractivity contribution in [3.8, 4) is 0 Å². The van der Waals surface area contributed by atoms with Crippen LogP contribution in [0, 0.1) is 23.7 Å². The molecule has 0 radical (unpaired) electrons. The van der Waals surface area contributed by atoms with Crippen molar-refractivity contribution in [1.29, 1.82) is 0 Å². The molecule has 2 atom stereocenters. The molecule has 0 aromatic carbocycles. The van der Waals surface area contributed by atoms with Gasteiger partial charge in [0.25, 0.3) is 0 Å². The average Bonchev–Trinajstić information content (AvgIpc) is 2.68. The lowest BCUT2D eigenvalue weighted by Gasteiger charge is -2.37. The van der Waals surface area contributed by atoms with Crippen LogP contribution in [0.3, 0.4) is 0 Å². The van der Waals surface area contributed by atoms with Gasteiger partial charge in [-0.2, -0.15) is 0 Å². The Morgan fingerprint density at radius 1 is 0.840 bits per heavy atom. The minimum Gasteiger partial charge on any atom is -0.381 e. The third-order valence-corrected chi connectivity index (χ3v) is 7.17. The van der Waals surface area contributed by atoms with E-state index in [1.807, 2.05) is 7.11 Å². The predicted molar refractivity (Wildman–Crippen MR) is 105 cm³/mol. The first-order valence-corrected chi connectivity index (χ1v) is 11.1. The maximum atomic E-state index is 6.30. The number of allylic oxidation sites excluding steroid dienone is 1. The van der Waals surface area contributed by atoms with Gasteiger partial charge in [0.15, 0.2) is 0 Å². The van der Waals surface area contributed by atoms with E-state index in [2.05, 4.69) is 19.1 Å². The van der Waals surface area contributed by atoms with Gasteiger partial charge in [0, 0.05) is 13.0 Å². The zero-order valence-corrected chi connectivity index (χ0v) is 16.6. The molecule has 2 unspecified atom stereocenters. The molecule has 2 aliphatic carbocycles. The highest BCUT2D eigenvalue weighted by Gasteiger charge is 2.31. The molecule has 2 saturated carbocycles. The van der Waals surface area contributed by atoms with Crippen molar-refractivity contribution in [2.45, 2.75) is 96.2 Å². The number of rotatable bonds is 6. The van der Waals surface area contributed by atoms with E-state index in [9.17, 15) is 0 Å². The highest BCUT2D eigenvalue weighted by molar-refractivity contribution is 4.96. The maximum Gasteiger partial charge on any atom is 0.0603 e. The van der Waals surface area contributed by atoms with Crippen LogP contribution in [0.15, 0.2) is 12.2 Å². The summed E-state index contributed by atoms with van der Waals surface area (Å²) in [4.78, 5) is 0. The molecule has 1 saturated heterocycles. The Balaban J connectivity index is 1.34. The van der Waals surface area contributed by atoms with Crippen molar-refractivity contribution in [1.82, 2.24) is 0 Å². The lowest BCUT2D eigenvalue weighted by molar-refractivity contribution is -0.0582. The van der Waals surface area contributed by atoms with E-state index in [1.165, 1.54) is 77.0 Å². The molecule has 0 N–H and O–H groups in total. The first-order valence-electron chi connectivity index (χ1n) is 11.1. The van der Waals surface area contributed by atoms with Gasteiger partial charge in [0.05, 0.1) is 18.8 Å². The third kappa shape index (κ3) is 5.82. The topological polar surface area (TPSA) is 18.5 Å². The molecule has 2 heteroatoms. The summed E-state index contributed by atoms with van der Waals surface area (Å²) in [7, 11) is 1.86. The van der Waals surface area contributed by atoms with E-state index in [4.69, 9.17) is 9.47 Å². The minimum absolute atomic E-state index is 0.503. The quantitative estimate of drug-likeness (QED) is 0.536. The molecule has 1 aliphatic heterocycles. The van der Waals surface area contributed by atoms with Gasteiger partial charge in [0.1, 0.15) is 0 Å². The van der Waals surface area contributed by atoms with Crippen LogP contribution in [0.2, 0.25) is 0 Å². The van der Waals surface area contributed by atoms with Gasteiger partial charge >= 0.3 is 0 Å². The molecular formula is C23H40O2. The second-order valence-corrected chi connectivity index (χ2v) is 8.94. The summed E-state index contributed by atoms with van der Waals surface area (Å²) < 4.78 is 11.8. The second-order valence-electron chi connectivity index (χ2n) is 8.94. The standard InChI is InChI=1S/C23H40O2/c1-3-4-18-5-7-19(8-6-18)9-10-20-11-16-23(25-17-20)21-12-14-22(24-2)15-13-21/h9-10,18-23H,3-8,11-17H2,1-2H3/b10-9+. The van der Waals surface area contributed by atoms with Gasteiger partial charge in [-0.1, -0.05) is 31.9 Å². The molecule has 25 heavy (non-hydrogen) atoms. The van der Waals surface area contributed by atoms with Crippen LogP contribution in [0.1, 0.15) is 84.0 Å². The molecule has 0 aromatic rings. The number of hydrogen-bond acceptors (Lipinski definition) is 2. The highest BCUT2D eigenvalue weighted by atomic mass is 16.5. The van der Waals surface area contributed by atoms with E-state index < -0.39 is 0 Å².